The van der Waals surface area contributed by atoms with Crippen LogP contribution in [0.15, 0.2) is 82.0 Å². The van der Waals surface area contributed by atoms with Gasteiger partial charge in [-0.2, -0.15) is 0 Å². The Bertz CT molecular complexity index is 1060. The summed E-state index contributed by atoms with van der Waals surface area (Å²) in [7, 11) is 0. The van der Waals surface area contributed by atoms with Crippen molar-refractivity contribution in [2.24, 2.45) is 0 Å². The maximum absolute atomic E-state index is 5.72. The Morgan fingerprint density at radius 1 is 0.645 bits per heavy atom. The molecule has 0 saturated heterocycles. The Morgan fingerprint density at radius 3 is 1.52 bits per heavy atom. The Labute approximate surface area is 184 Å². The SMILES string of the molecule is CCCCC1(CCCC)c2ccc(-c3ccco3)cc2-c2cc(-c3ccco3)ccc21. The first kappa shape index (κ1) is 19.9. The lowest BCUT2D eigenvalue weighted by Crippen LogP contribution is -2.25. The van der Waals surface area contributed by atoms with E-state index in [2.05, 4.69) is 50.2 Å². The Hall–Kier alpha value is -3.00. The molecule has 0 radical (unpaired) electrons. The maximum Gasteiger partial charge on any atom is 0.133 e. The minimum absolute atomic E-state index is 0.0973. The van der Waals surface area contributed by atoms with E-state index in [0.717, 1.165) is 22.6 Å². The number of benzene rings is 2. The minimum atomic E-state index is 0.0973. The highest BCUT2D eigenvalue weighted by Gasteiger charge is 2.42. The van der Waals surface area contributed by atoms with Crippen LogP contribution in [0.25, 0.3) is 33.8 Å². The monoisotopic (exact) mass is 410 g/mol. The Morgan fingerprint density at radius 2 is 1.13 bits per heavy atom. The van der Waals surface area contributed by atoms with E-state index in [1.54, 1.807) is 12.5 Å². The zero-order chi connectivity index (χ0) is 21.3. The lowest BCUT2D eigenvalue weighted by molar-refractivity contribution is 0.414. The fraction of sp³-hybridized carbons (Fsp3) is 0.310. The molecule has 2 aromatic heterocycles. The summed E-state index contributed by atoms with van der Waals surface area (Å²) in [4.78, 5) is 0. The van der Waals surface area contributed by atoms with Crippen molar-refractivity contribution in [3.63, 3.8) is 0 Å². The van der Waals surface area contributed by atoms with Gasteiger partial charge >= 0.3 is 0 Å². The molecule has 2 heterocycles. The van der Waals surface area contributed by atoms with Crippen molar-refractivity contribution in [2.75, 3.05) is 0 Å². The Kier molecular flexibility index (Phi) is 5.31. The molecule has 31 heavy (non-hydrogen) atoms. The summed E-state index contributed by atoms with van der Waals surface area (Å²) in [6, 6.07) is 21.9. The standard InChI is InChI=1S/C29H30O2/c1-3-5-15-29(16-6-4-2)25-13-11-21(27-9-7-17-30-27)19-23(25)24-20-22(12-14-26(24)29)28-10-8-18-31-28/h7-14,17-20H,3-6,15-16H2,1-2H3. The van der Waals surface area contributed by atoms with E-state index in [9.17, 15) is 0 Å². The van der Waals surface area contributed by atoms with Gasteiger partial charge in [0.15, 0.2) is 0 Å². The zero-order valence-electron chi connectivity index (χ0n) is 18.5. The maximum atomic E-state index is 5.72. The number of rotatable bonds is 8. The number of unbranched alkanes of at least 4 members (excludes halogenated alkanes) is 2. The van der Waals surface area contributed by atoms with E-state index in [1.807, 2.05) is 24.3 Å². The highest BCUT2D eigenvalue weighted by Crippen LogP contribution is 2.55. The number of fused-ring (bicyclic) bond motifs is 3. The third kappa shape index (κ3) is 3.35. The lowest BCUT2D eigenvalue weighted by Gasteiger charge is -2.32. The van der Waals surface area contributed by atoms with Crippen molar-refractivity contribution in [1.29, 1.82) is 0 Å². The van der Waals surface area contributed by atoms with Crippen LogP contribution in [0.1, 0.15) is 63.5 Å². The molecule has 2 heteroatoms. The summed E-state index contributed by atoms with van der Waals surface area (Å²) in [6.07, 6.45) is 10.8. The van der Waals surface area contributed by atoms with E-state index in [-0.39, 0.29) is 5.41 Å². The van der Waals surface area contributed by atoms with Gasteiger partial charge in [0.05, 0.1) is 12.5 Å². The third-order valence-electron chi connectivity index (χ3n) is 6.89. The smallest absolute Gasteiger partial charge is 0.133 e. The van der Waals surface area contributed by atoms with Crippen LogP contribution in [0.3, 0.4) is 0 Å². The van der Waals surface area contributed by atoms with Gasteiger partial charge in [0, 0.05) is 16.5 Å². The van der Waals surface area contributed by atoms with Gasteiger partial charge < -0.3 is 8.83 Å². The number of furan rings is 2. The highest BCUT2D eigenvalue weighted by atomic mass is 16.3. The van der Waals surface area contributed by atoms with E-state index in [1.165, 1.54) is 60.8 Å². The average Bonchev–Trinajstić information content (AvgIpc) is 3.57. The van der Waals surface area contributed by atoms with Gasteiger partial charge in [0.25, 0.3) is 0 Å². The molecule has 0 saturated carbocycles. The van der Waals surface area contributed by atoms with E-state index in [0.29, 0.717) is 0 Å². The van der Waals surface area contributed by atoms with Crippen LogP contribution >= 0.6 is 0 Å². The second-order valence-electron chi connectivity index (χ2n) is 8.76. The van der Waals surface area contributed by atoms with Crippen molar-refractivity contribution in [3.8, 4) is 33.8 Å². The summed E-state index contributed by atoms with van der Waals surface area (Å²) in [6.45, 7) is 4.59. The summed E-state index contributed by atoms with van der Waals surface area (Å²) < 4.78 is 11.4. The van der Waals surface area contributed by atoms with Crippen LogP contribution in [0, 0.1) is 0 Å². The molecule has 2 aromatic carbocycles. The van der Waals surface area contributed by atoms with E-state index >= 15 is 0 Å². The molecule has 2 nitrogen and oxygen atoms in total. The van der Waals surface area contributed by atoms with E-state index < -0.39 is 0 Å². The first-order valence-electron chi connectivity index (χ1n) is 11.6. The van der Waals surface area contributed by atoms with Gasteiger partial charge in [-0.15, -0.1) is 0 Å². The summed E-state index contributed by atoms with van der Waals surface area (Å²) in [5, 5.41) is 0. The van der Waals surface area contributed by atoms with Crippen LogP contribution < -0.4 is 0 Å². The molecule has 158 valence electrons. The van der Waals surface area contributed by atoms with Gasteiger partial charge in [-0.05, 0) is 71.5 Å². The van der Waals surface area contributed by atoms with Crippen molar-refractivity contribution in [3.05, 3.63) is 84.3 Å². The lowest BCUT2D eigenvalue weighted by atomic mass is 9.70. The van der Waals surface area contributed by atoms with Crippen LogP contribution in [0.2, 0.25) is 0 Å². The third-order valence-corrected chi connectivity index (χ3v) is 6.89. The van der Waals surface area contributed by atoms with E-state index in [4.69, 9.17) is 8.83 Å². The summed E-state index contributed by atoms with van der Waals surface area (Å²) in [5.41, 5.74) is 8.04. The molecule has 4 aromatic rings. The molecule has 5 rings (SSSR count). The molecule has 0 amide bonds. The van der Waals surface area contributed by atoms with Gasteiger partial charge in [-0.3, -0.25) is 0 Å². The second kappa shape index (κ2) is 8.26. The topological polar surface area (TPSA) is 26.3 Å². The molecule has 0 N–H and O–H groups in total. The molecule has 0 atom stereocenters. The van der Waals surface area contributed by atoms with Crippen LogP contribution in [-0.2, 0) is 5.41 Å². The zero-order valence-corrected chi connectivity index (χ0v) is 18.5. The molecule has 0 fully saturated rings. The molecule has 0 bridgehead atoms. The van der Waals surface area contributed by atoms with Crippen molar-refractivity contribution in [1.82, 2.24) is 0 Å². The average molecular weight is 411 g/mol. The minimum Gasteiger partial charge on any atom is -0.464 e. The fourth-order valence-electron chi connectivity index (χ4n) is 5.33. The first-order valence-corrected chi connectivity index (χ1v) is 11.6. The Balaban J connectivity index is 1.72. The molecular weight excluding hydrogens is 380 g/mol. The van der Waals surface area contributed by atoms with Crippen molar-refractivity contribution >= 4 is 0 Å². The van der Waals surface area contributed by atoms with Crippen molar-refractivity contribution < 1.29 is 8.83 Å². The van der Waals surface area contributed by atoms with Crippen LogP contribution in [0.5, 0.6) is 0 Å². The number of hydrogen-bond donors (Lipinski definition) is 0. The van der Waals surface area contributed by atoms with Gasteiger partial charge in [0.1, 0.15) is 11.5 Å². The quantitative estimate of drug-likeness (QED) is 0.290. The predicted octanol–water partition coefficient (Wildman–Crippen LogP) is 8.85. The van der Waals surface area contributed by atoms with Gasteiger partial charge in [-0.1, -0.05) is 63.8 Å². The summed E-state index contributed by atoms with van der Waals surface area (Å²) in [5.74, 6) is 1.84. The normalized spacial score (nSPS) is 13.9. The predicted molar refractivity (Wildman–Crippen MR) is 127 cm³/mol. The molecule has 0 unspecified atom stereocenters. The molecule has 0 aliphatic heterocycles. The van der Waals surface area contributed by atoms with Gasteiger partial charge in [-0.25, -0.2) is 0 Å². The van der Waals surface area contributed by atoms with Crippen LogP contribution in [-0.4, -0.2) is 0 Å². The van der Waals surface area contributed by atoms with Crippen LogP contribution in [0.4, 0.5) is 0 Å². The molecule has 0 spiro atoms. The first-order chi connectivity index (χ1) is 15.3. The fourth-order valence-corrected chi connectivity index (χ4v) is 5.33. The number of hydrogen-bond acceptors (Lipinski definition) is 2. The highest BCUT2D eigenvalue weighted by molar-refractivity contribution is 5.86. The summed E-state index contributed by atoms with van der Waals surface area (Å²) >= 11 is 0. The molecule has 1 aliphatic rings. The largest absolute Gasteiger partial charge is 0.464 e. The van der Waals surface area contributed by atoms with Crippen molar-refractivity contribution in [2.45, 2.75) is 57.8 Å². The van der Waals surface area contributed by atoms with Gasteiger partial charge in [0.2, 0.25) is 0 Å². The molecule has 1 aliphatic carbocycles. The second-order valence-corrected chi connectivity index (χ2v) is 8.76. The molecular formula is C29H30O2.